The smallest absolute Gasteiger partial charge is 0.232 e. The van der Waals surface area contributed by atoms with Crippen molar-refractivity contribution in [1.82, 2.24) is 9.97 Å². The molecule has 0 amide bonds. The van der Waals surface area contributed by atoms with E-state index >= 15 is 0 Å². The van der Waals surface area contributed by atoms with Crippen LogP contribution in [0.4, 0.5) is 0 Å². The molecule has 0 fully saturated rings. The first-order valence-corrected chi connectivity index (χ1v) is 4.40. The monoisotopic (exact) mass is 198 g/mol. The topological polar surface area (TPSA) is 64.5 Å². The molecule has 0 aromatic carbocycles. The number of hydrogen-bond donors (Lipinski definition) is 1. The number of ether oxygens (including phenoxy) is 2. The Kier molecular flexibility index (Phi) is 4.88. The second kappa shape index (κ2) is 6.28. The molecule has 0 aliphatic rings. The summed E-state index contributed by atoms with van der Waals surface area (Å²) in [7, 11) is 1.65. The van der Waals surface area contributed by atoms with Gasteiger partial charge in [0.2, 0.25) is 5.88 Å². The van der Waals surface area contributed by atoms with E-state index in [2.05, 4.69) is 9.97 Å². The minimum atomic E-state index is -0.100. The summed E-state index contributed by atoms with van der Waals surface area (Å²) in [4.78, 5) is 7.89. The van der Waals surface area contributed by atoms with E-state index in [9.17, 15) is 0 Å². The molecule has 1 heterocycles. The first kappa shape index (κ1) is 10.9. The van der Waals surface area contributed by atoms with Gasteiger partial charge in [0.05, 0.1) is 31.3 Å². The van der Waals surface area contributed by atoms with Crippen LogP contribution in [-0.4, -0.2) is 35.4 Å². The van der Waals surface area contributed by atoms with E-state index in [0.717, 1.165) is 6.42 Å². The molecule has 0 aliphatic carbocycles. The molecule has 0 aliphatic heterocycles. The number of aromatic nitrogens is 2. The van der Waals surface area contributed by atoms with Crippen LogP contribution >= 0.6 is 0 Å². The molecule has 0 unspecified atom stereocenters. The highest BCUT2D eigenvalue weighted by Crippen LogP contribution is 2.04. The maximum absolute atomic E-state index is 8.71. The van der Waals surface area contributed by atoms with E-state index in [1.54, 1.807) is 7.11 Å². The number of nitrogens with zero attached hydrogens (tertiary/aromatic N) is 2. The SMILES string of the molecule is COCCCOc1cnc(CO)cn1. The highest BCUT2D eigenvalue weighted by atomic mass is 16.5. The molecule has 0 bridgehead atoms. The van der Waals surface area contributed by atoms with Crippen molar-refractivity contribution in [2.75, 3.05) is 20.3 Å². The first-order chi connectivity index (χ1) is 6.86. The molecule has 1 rings (SSSR count). The summed E-state index contributed by atoms with van der Waals surface area (Å²) in [6, 6.07) is 0. The summed E-state index contributed by atoms with van der Waals surface area (Å²) in [5, 5.41) is 8.71. The van der Waals surface area contributed by atoms with Crippen LogP contribution in [0.15, 0.2) is 12.4 Å². The molecule has 1 aromatic heterocycles. The van der Waals surface area contributed by atoms with Crippen LogP contribution in [-0.2, 0) is 11.3 Å². The lowest BCUT2D eigenvalue weighted by molar-refractivity contribution is 0.170. The van der Waals surface area contributed by atoms with Crippen LogP contribution in [0.1, 0.15) is 12.1 Å². The van der Waals surface area contributed by atoms with Gasteiger partial charge < -0.3 is 14.6 Å². The summed E-state index contributed by atoms with van der Waals surface area (Å²) in [6.45, 7) is 1.13. The van der Waals surface area contributed by atoms with E-state index in [4.69, 9.17) is 14.6 Å². The standard InChI is InChI=1S/C9H14N2O3/c1-13-3-2-4-14-9-6-10-8(7-12)5-11-9/h5-6,12H,2-4,7H2,1H3. The van der Waals surface area contributed by atoms with E-state index < -0.39 is 0 Å². The molecule has 0 saturated carbocycles. The van der Waals surface area contributed by atoms with Crippen molar-refractivity contribution in [2.24, 2.45) is 0 Å². The molecule has 78 valence electrons. The second-order valence-corrected chi connectivity index (χ2v) is 2.70. The van der Waals surface area contributed by atoms with Crippen molar-refractivity contribution in [1.29, 1.82) is 0 Å². The van der Waals surface area contributed by atoms with Crippen LogP contribution < -0.4 is 4.74 Å². The zero-order chi connectivity index (χ0) is 10.2. The third kappa shape index (κ3) is 3.68. The van der Waals surface area contributed by atoms with Gasteiger partial charge in [-0.2, -0.15) is 0 Å². The molecule has 1 aromatic rings. The van der Waals surface area contributed by atoms with Gasteiger partial charge in [-0.05, 0) is 0 Å². The highest BCUT2D eigenvalue weighted by Gasteiger charge is 1.96. The highest BCUT2D eigenvalue weighted by molar-refractivity contribution is 5.06. The molecule has 5 nitrogen and oxygen atoms in total. The van der Waals surface area contributed by atoms with Crippen LogP contribution in [0.3, 0.4) is 0 Å². The van der Waals surface area contributed by atoms with Gasteiger partial charge in [-0.1, -0.05) is 0 Å². The number of aliphatic hydroxyl groups is 1. The lowest BCUT2D eigenvalue weighted by Crippen LogP contribution is -2.03. The van der Waals surface area contributed by atoms with Gasteiger partial charge >= 0.3 is 0 Å². The molecule has 14 heavy (non-hydrogen) atoms. The average Bonchev–Trinajstić information content (AvgIpc) is 2.25. The van der Waals surface area contributed by atoms with Gasteiger partial charge in [0.1, 0.15) is 0 Å². The summed E-state index contributed by atoms with van der Waals surface area (Å²) < 4.78 is 10.1. The maximum atomic E-state index is 8.71. The minimum Gasteiger partial charge on any atom is -0.476 e. The normalized spacial score (nSPS) is 10.1. The van der Waals surface area contributed by atoms with Crippen molar-refractivity contribution in [3.8, 4) is 5.88 Å². The van der Waals surface area contributed by atoms with Gasteiger partial charge in [0.15, 0.2) is 0 Å². The van der Waals surface area contributed by atoms with Gasteiger partial charge in [0, 0.05) is 20.1 Å². The van der Waals surface area contributed by atoms with Crippen molar-refractivity contribution in [3.05, 3.63) is 18.1 Å². The zero-order valence-corrected chi connectivity index (χ0v) is 8.14. The number of aliphatic hydroxyl groups excluding tert-OH is 1. The fourth-order valence-electron chi connectivity index (χ4n) is 0.879. The summed E-state index contributed by atoms with van der Waals surface area (Å²) in [5.74, 6) is 0.471. The van der Waals surface area contributed by atoms with Crippen molar-refractivity contribution < 1.29 is 14.6 Å². The van der Waals surface area contributed by atoms with Gasteiger partial charge in [-0.25, -0.2) is 4.98 Å². The maximum Gasteiger partial charge on any atom is 0.232 e. The Morgan fingerprint density at radius 3 is 2.71 bits per heavy atom. The number of rotatable bonds is 6. The van der Waals surface area contributed by atoms with Gasteiger partial charge in [-0.3, -0.25) is 4.98 Å². The Hall–Kier alpha value is -1.20. The molecule has 5 heteroatoms. The Balaban J connectivity index is 2.29. The van der Waals surface area contributed by atoms with E-state index in [1.807, 2.05) is 0 Å². The van der Waals surface area contributed by atoms with Crippen molar-refractivity contribution in [2.45, 2.75) is 13.0 Å². The van der Waals surface area contributed by atoms with Gasteiger partial charge in [0.25, 0.3) is 0 Å². The lowest BCUT2D eigenvalue weighted by atomic mass is 10.5. The minimum absolute atomic E-state index is 0.100. The van der Waals surface area contributed by atoms with Crippen molar-refractivity contribution >= 4 is 0 Å². The Labute approximate surface area is 82.7 Å². The van der Waals surface area contributed by atoms with Crippen molar-refractivity contribution in [3.63, 3.8) is 0 Å². The fourth-order valence-corrected chi connectivity index (χ4v) is 0.879. The summed E-state index contributed by atoms with van der Waals surface area (Å²) >= 11 is 0. The predicted molar refractivity (Wildman–Crippen MR) is 49.9 cm³/mol. The Morgan fingerprint density at radius 1 is 1.29 bits per heavy atom. The molecule has 0 atom stereocenters. The summed E-state index contributed by atoms with van der Waals surface area (Å²) in [5.41, 5.74) is 0.536. The molecular formula is C9H14N2O3. The Bertz CT molecular complexity index is 251. The van der Waals surface area contributed by atoms with Crippen LogP contribution in [0, 0.1) is 0 Å². The fraction of sp³-hybridized carbons (Fsp3) is 0.556. The third-order valence-corrected chi connectivity index (χ3v) is 1.59. The van der Waals surface area contributed by atoms with E-state index in [0.29, 0.717) is 24.8 Å². The quantitative estimate of drug-likeness (QED) is 0.669. The number of hydrogen-bond acceptors (Lipinski definition) is 5. The van der Waals surface area contributed by atoms with E-state index in [-0.39, 0.29) is 6.61 Å². The van der Waals surface area contributed by atoms with Crippen LogP contribution in [0.25, 0.3) is 0 Å². The summed E-state index contributed by atoms with van der Waals surface area (Å²) in [6.07, 6.45) is 3.81. The second-order valence-electron chi connectivity index (χ2n) is 2.70. The molecular weight excluding hydrogens is 184 g/mol. The number of methoxy groups -OCH3 is 1. The third-order valence-electron chi connectivity index (χ3n) is 1.59. The largest absolute Gasteiger partial charge is 0.476 e. The molecule has 0 saturated heterocycles. The Morgan fingerprint density at radius 2 is 2.14 bits per heavy atom. The molecule has 0 radical (unpaired) electrons. The zero-order valence-electron chi connectivity index (χ0n) is 8.14. The van der Waals surface area contributed by atoms with Gasteiger partial charge in [-0.15, -0.1) is 0 Å². The molecule has 1 N–H and O–H groups in total. The average molecular weight is 198 g/mol. The predicted octanol–water partition coefficient (Wildman–Crippen LogP) is 0.384. The van der Waals surface area contributed by atoms with Crippen LogP contribution in [0.2, 0.25) is 0 Å². The van der Waals surface area contributed by atoms with E-state index in [1.165, 1.54) is 12.4 Å². The molecule has 0 spiro atoms. The van der Waals surface area contributed by atoms with Crippen LogP contribution in [0.5, 0.6) is 5.88 Å². The first-order valence-electron chi connectivity index (χ1n) is 4.40. The lowest BCUT2D eigenvalue weighted by Gasteiger charge is -2.04.